The standard InChI is InChI=1S/C14H23NO/c1-14(2,12-15)9-11-16-10-8-13-6-4-3-5-7-13/h3-7H,8-12,15H2,1-2H3. The SMILES string of the molecule is CC(C)(CN)CCOCCc1ccccc1. The minimum absolute atomic E-state index is 0.201. The molecular formula is C14H23NO. The van der Waals surface area contributed by atoms with Crippen molar-refractivity contribution in [1.29, 1.82) is 0 Å². The first-order valence-corrected chi connectivity index (χ1v) is 5.96. The van der Waals surface area contributed by atoms with E-state index in [0.717, 1.165) is 32.6 Å². The maximum atomic E-state index is 5.66. The van der Waals surface area contributed by atoms with Crippen molar-refractivity contribution in [2.24, 2.45) is 11.1 Å². The van der Waals surface area contributed by atoms with Crippen LogP contribution >= 0.6 is 0 Å². The van der Waals surface area contributed by atoms with Crippen LogP contribution in [-0.4, -0.2) is 19.8 Å². The number of ether oxygens (including phenoxy) is 1. The molecule has 2 N–H and O–H groups in total. The van der Waals surface area contributed by atoms with E-state index in [4.69, 9.17) is 10.5 Å². The van der Waals surface area contributed by atoms with Crippen LogP contribution in [0.3, 0.4) is 0 Å². The molecule has 0 heterocycles. The monoisotopic (exact) mass is 221 g/mol. The molecule has 0 fully saturated rings. The molecule has 2 heteroatoms. The number of benzene rings is 1. The first kappa shape index (κ1) is 13.2. The lowest BCUT2D eigenvalue weighted by atomic mass is 9.90. The Morgan fingerprint density at radius 2 is 1.81 bits per heavy atom. The Hall–Kier alpha value is -0.860. The molecule has 0 unspecified atom stereocenters. The lowest BCUT2D eigenvalue weighted by Gasteiger charge is -2.21. The summed E-state index contributed by atoms with van der Waals surface area (Å²) < 4.78 is 5.62. The van der Waals surface area contributed by atoms with Gasteiger partial charge in [-0.2, -0.15) is 0 Å². The summed E-state index contributed by atoms with van der Waals surface area (Å²) in [4.78, 5) is 0. The lowest BCUT2D eigenvalue weighted by molar-refractivity contribution is 0.108. The number of nitrogens with two attached hydrogens (primary N) is 1. The topological polar surface area (TPSA) is 35.2 Å². The summed E-state index contributed by atoms with van der Waals surface area (Å²) >= 11 is 0. The van der Waals surface area contributed by atoms with Gasteiger partial charge in [-0.3, -0.25) is 0 Å². The molecule has 0 saturated heterocycles. The Morgan fingerprint density at radius 1 is 1.12 bits per heavy atom. The van der Waals surface area contributed by atoms with Gasteiger partial charge >= 0.3 is 0 Å². The van der Waals surface area contributed by atoms with Gasteiger partial charge in [-0.05, 0) is 30.4 Å². The van der Waals surface area contributed by atoms with Gasteiger partial charge < -0.3 is 10.5 Å². The van der Waals surface area contributed by atoms with E-state index in [9.17, 15) is 0 Å². The summed E-state index contributed by atoms with van der Waals surface area (Å²) in [5.41, 5.74) is 7.19. The summed E-state index contributed by atoms with van der Waals surface area (Å²) in [7, 11) is 0. The first-order valence-electron chi connectivity index (χ1n) is 5.96. The number of hydrogen-bond donors (Lipinski definition) is 1. The molecule has 1 rings (SSSR count). The van der Waals surface area contributed by atoms with Gasteiger partial charge in [-0.15, -0.1) is 0 Å². The third-order valence-corrected chi connectivity index (χ3v) is 2.85. The van der Waals surface area contributed by atoms with Crippen LogP contribution in [0.5, 0.6) is 0 Å². The van der Waals surface area contributed by atoms with Crippen LogP contribution in [0.25, 0.3) is 0 Å². The zero-order chi connectivity index (χ0) is 11.9. The van der Waals surface area contributed by atoms with Gasteiger partial charge in [0, 0.05) is 6.61 Å². The van der Waals surface area contributed by atoms with Crippen molar-refractivity contribution in [3.05, 3.63) is 35.9 Å². The average molecular weight is 221 g/mol. The van der Waals surface area contributed by atoms with Gasteiger partial charge in [0.2, 0.25) is 0 Å². The van der Waals surface area contributed by atoms with Gasteiger partial charge in [0.25, 0.3) is 0 Å². The quantitative estimate of drug-likeness (QED) is 0.718. The van der Waals surface area contributed by atoms with Gasteiger partial charge in [0.05, 0.1) is 6.61 Å². The van der Waals surface area contributed by atoms with E-state index >= 15 is 0 Å². The summed E-state index contributed by atoms with van der Waals surface area (Å²) in [6, 6.07) is 10.4. The van der Waals surface area contributed by atoms with E-state index in [-0.39, 0.29) is 5.41 Å². The lowest BCUT2D eigenvalue weighted by Crippen LogP contribution is -2.25. The molecule has 0 amide bonds. The normalized spacial score (nSPS) is 11.7. The van der Waals surface area contributed by atoms with Crippen molar-refractivity contribution in [1.82, 2.24) is 0 Å². The summed E-state index contributed by atoms with van der Waals surface area (Å²) in [5.74, 6) is 0. The zero-order valence-corrected chi connectivity index (χ0v) is 10.4. The van der Waals surface area contributed by atoms with Crippen LogP contribution < -0.4 is 5.73 Å². The van der Waals surface area contributed by atoms with E-state index in [1.807, 2.05) is 6.07 Å². The van der Waals surface area contributed by atoms with Crippen molar-refractivity contribution in [2.45, 2.75) is 26.7 Å². The minimum Gasteiger partial charge on any atom is -0.381 e. The maximum absolute atomic E-state index is 5.66. The van der Waals surface area contributed by atoms with E-state index < -0.39 is 0 Å². The van der Waals surface area contributed by atoms with Crippen LogP contribution in [0.15, 0.2) is 30.3 Å². The zero-order valence-electron chi connectivity index (χ0n) is 10.4. The fourth-order valence-electron chi connectivity index (χ4n) is 1.39. The maximum Gasteiger partial charge on any atom is 0.0506 e. The minimum atomic E-state index is 0.201. The molecule has 1 aromatic rings. The van der Waals surface area contributed by atoms with E-state index in [2.05, 4.69) is 38.1 Å². The van der Waals surface area contributed by atoms with Gasteiger partial charge in [-0.25, -0.2) is 0 Å². The highest BCUT2D eigenvalue weighted by Gasteiger charge is 2.14. The molecule has 0 radical (unpaired) electrons. The molecule has 0 aromatic heterocycles. The Kier molecular flexibility index (Phi) is 5.50. The average Bonchev–Trinajstić information content (AvgIpc) is 2.30. The summed E-state index contributed by atoms with van der Waals surface area (Å²) in [6.45, 7) is 6.66. The number of rotatable bonds is 7. The smallest absolute Gasteiger partial charge is 0.0506 e. The largest absolute Gasteiger partial charge is 0.381 e. The van der Waals surface area contributed by atoms with Crippen molar-refractivity contribution < 1.29 is 4.74 Å². The van der Waals surface area contributed by atoms with Crippen LogP contribution in [-0.2, 0) is 11.2 Å². The predicted molar refractivity (Wildman–Crippen MR) is 68.4 cm³/mol. The molecule has 0 bridgehead atoms. The molecule has 1 aromatic carbocycles. The molecule has 0 aliphatic carbocycles. The highest BCUT2D eigenvalue weighted by Crippen LogP contribution is 2.17. The third kappa shape index (κ3) is 5.29. The summed E-state index contributed by atoms with van der Waals surface area (Å²) in [6.07, 6.45) is 2.02. The molecule has 0 atom stereocenters. The van der Waals surface area contributed by atoms with Crippen LogP contribution in [0.1, 0.15) is 25.8 Å². The Balaban J connectivity index is 2.09. The molecule has 2 nitrogen and oxygen atoms in total. The molecule has 90 valence electrons. The molecule has 0 saturated carbocycles. The Morgan fingerprint density at radius 3 is 2.44 bits per heavy atom. The summed E-state index contributed by atoms with van der Waals surface area (Å²) in [5, 5.41) is 0. The van der Waals surface area contributed by atoms with Crippen LogP contribution in [0.2, 0.25) is 0 Å². The molecule has 16 heavy (non-hydrogen) atoms. The molecule has 0 aliphatic rings. The fraction of sp³-hybridized carbons (Fsp3) is 0.571. The molecular weight excluding hydrogens is 198 g/mol. The van der Waals surface area contributed by atoms with Gasteiger partial charge in [-0.1, -0.05) is 44.2 Å². The first-order chi connectivity index (χ1) is 7.64. The van der Waals surface area contributed by atoms with Gasteiger partial charge in [0.1, 0.15) is 0 Å². The molecule has 0 spiro atoms. The van der Waals surface area contributed by atoms with Crippen LogP contribution in [0.4, 0.5) is 0 Å². The number of hydrogen-bond acceptors (Lipinski definition) is 2. The second-order valence-electron chi connectivity index (χ2n) is 4.97. The fourth-order valence-corrected chi connectivity index (χ4v) is 1.39. The van der Waals surface area contributed by atoms with E-state index in [0.29, 0.717) is 0 Å². The van der Waals surface area contributed by atoms with Crippen molar-refractivity contribution in [2.75, 3.05) is 19.8 Å². The highest BCUT2D eigenvalue weighted by atomic mass is 16.5. The Bertz CT molecular complexity index is 282. The third-order valence-electron chi connectivity index (χ3n) is 2.85. The highest BCUT2D eigenvalue weighted by molar-refractivity contribution is 5.14. The van der Waals surface area contributed by atoms with Gasteiger partial charge in [0.15, 0.2) is 0 Å². The second-order valence-corrected chi connectivity index (χ2v) is 4.97. The Labute approximate surface area is 98.8 Å². The van der Waals surface area contributed by atoms with Crippen molar-refractivity contribution in [3.8, 4) is 0 Å². The van der Waals surface area contributed by atoms with Crippen molar-refractivity contribution in [3.63, 3.8) is 0 Å². The second kappa shape index (κ2) is 6.66. The van der Waals surface area contributed by atoms with E-state index in [1.54, 1.807) is 0 Å². The van der Waals surface area contributed by atoms with Crippen molar-refractivity contribution >= 4 is 0 Å². The molecule has 0 aliphatic heterocycles. The van der Waals surface area contributed by atoms with E-state index in [1.165, 1.54) is 5.56 Å². The van der Waals surface area contributed by atoms with Crippen LogP contribution in [0, 0.1) is 5.41 Å². The predicted octanol–water partition coefficient (Wildman–Crippen LogP) is 2.62.